The van der Waals surface area contributed by atoms with Gasteiger partial charge in [0, 0.05) is 54.4 Å². The van der Waals surface area contributed by atoms with E-state index < -0.39 is 11.6 Å². The molecular weight excluding hydrogens is 431 g/mol. The number of carbonyl (C=O) groups is 2. The predicted molar refractivity (Wildman–Crippen MR) is 118 cm³/mol. The highest BCUT2D eigenvalue weighted by Crippen LogP contribution is 2.22. The van der Waals surface area contributed by atoms with Crippen molar-refractivity contribution < 1.29 is 22.8 Å². The monoisotopic (exact) mass is 455 g/mol. The zero-order valence-electron chi connectivity index (χ0n) is 18.4. The number of benzene rings is 2. The first-order valence-electron chi connectivity index (χ1n) is 10.7. The number of rotatable bonds is 5. The third-order valence-electron chi connectivity index (χ3n) is 6.01. The number of halogens is 3. The van der Waals surface area contributed by atoms with Gasteiger partial charge >= 0.3 is 0 Å². The van der Waals surface area contributed by atoms with Crippen molar-refractivity contribution in [3.05, 3.63) is 88.5 Å². The Morgan fingerprint density at radius 3 is 2.15 bits per heavy atom. The number of amides is 1. The van der Waals surface area contributed by atoms with E-state index in [0.717, 1.165) is 29.2 Å². The van der Waals surface area contributed by atoms with Crippen molar-refractivity contribution in [3.63, 3.8) is 0 Å². The molecule has 0 radical (unpaired) electrons. The van der Waals surface area contributed by atoms with Gasteiger partial charge in [0.1, 0.15) is 5.82 Å². The predicted octanol–water partition coefficient (Wildman–Crippen LogP) is 4.15. The maximum absolute atomic E-state index is 13.5. The summed E-state index contributed by atoms with van der Waals surface area (Å²) in [5.41, 5.74) is 3.17. The summed E-state index contributed by atoms with van der Waals surface area (Å²) in [6.45, 7) is 5.74. The van der Waals surface area contributed by atoms with Crippen LogP contribution >= 0.6 is 0 Å². The molecule has 5 nitrogen and oxygen atoms in total. The van der Waals surface area contributed by atoms with Gasteiger partial charge in [0.05, 0.1) is 6.54 Å². The first-order valence-corrected chi connectivity index (χ1v) is 10.7. The van der Waals surface area contributed by atoms with E-state index in [9.17, 15) is 22.8 Å². The molecule has 8 heteroatoms. The molecule has 1 fully saturated rings. The standard InChI is InChI=1S/C25H24F3N3O2/c1-16-13-21(17(2)31(16)20-6-4-19(26)5-7-20)24(32)15-29-9-11-30(12-10-29)25(33)18-3-8-22(27)23(28)14-18/h3-8,13-14H,9-12,15H2,1-2H3. The van der Waals surface area contributed by atoms with E-state index in [-0.39, 0.29) is 29.6 Å². The van der Waals surface area contributed by atoms with Gasteiger partial charge in [0.15, 0.2) is 17.4 Å². The molecule has 33 heavy (non-hydrogen) atoms. The third kappa shape index (κ3) is 4.71. The summed E-state index contributed by atoms with van der Waals surface area (Å²) < 4.78 is 41.8. The van der Waals surface area contributed by atoms with Gasteiger partial charge < -0.3 is 9.47 Å². The first-order chi connectivity index (χ1) is 15.7. The van der Waals surface area contributed by atoms with Crippen LogP contribution in [0, 0.1) is 31.3 Å². The van der Waals surface area contributed by atoms with E-state index >= 15 is 0 Å². The average molecular weight is 455 g/mol. The molecule has 1 saturated heterocycles. The minimum absolute atomic E-state index is 0.0307. The van der Waals surface area contributed by atoms with Crippen LogP contribution in [-0.4, -0.2) is 58.8 Å². The number of nitrogens with zero attached hydrogens (tertiary/aromatic N) is 3. The molecule has 4 rings (SSSR count). The molecular formula is C25H24F3N3O2. The molecule has 2 aromatic carbocycles. The number of hydrogen-bond donors (Lipinski definition) is 0. The number of ketones is 1. The van der Waals surface area contributed by atoms with Gasteiger partial charge in [-0.25, -0.2) is 13.2 Å². The van der Waals surface area contributed by atoms with Crippen molar-refractivity contribution in [3.8, 4) is 5.69 Å². The Balaban J connectivity index is 1.39. The van der Waals surface area contributed by atoms with Crippen LogP contribution < -0.4 is 0 Å². The van der Waals surface area contributed by atoms with E-state index in [0.29, 0.717) is 31.7 Å². The molecule has 0 N–H and O–H groups in total. The van der Waals surface area contributed by atoms with Gasteiger partial charge in [-0.3, -0.25) is 14.5 Å². The molecule has 1 aromatic heterocycles. The molecule has 0 atom stereocenters. The second-order valence-corrected chi connectivity index (χ2v) is 8.22. The zero-order valence-corrected chi connectivity index (χ0v) is 18.4. The quantitative estimate of drug-likeness (QED) is 0.543. The number of aryl methyl sites for hydroxylation is 1. The maximum Gasteiger partial charge on any atom is 0.254 e. The summed E-state index contributed by atoms with van der Waals surface area (Å²) in [5, 5.41) is 0. The number of aromatic nitrogens is 1. The van der Waals surface area contributed by atoms with Gasteiger partial charge in [-0.05, 0) is 62.4 Å². The van der Waals surface area contributed by atoms with E-state index in [1.54, 1.807) is 17.0 Å². The molecule has 0 aliphatic carbocycles. The molecule has 3 aromatic rings. The minimum atomic E-state index is -1.05. The molecule has 1 aliphatic heterocycles. The van der Waals surface area contributed by atoms with Gasteiger partial charge in [0.2, 0.25) is 0 Å². The van der Waals surface area contributed by atoms with Crippen LogP contribution in [0.2, 0.25) is 0 Å². The van der Waals surface area contributed by atoms with Gasteiger partial charge in [-0.1, -0.05) is 0 Å². The van der Waals surface area contributed by atoms with E-state index in [1.165, 1.54) is 18.2 Å². The van der Waals surface area contributed by atoms with Crippen molar-refractivity contribution >= 4 is 11.7 Å². The Bertz CT molecular complexity index is 1200. The summed E-state index contributed by atoms with van der Waals surface area (Å²) in [7, 11) is 0. The molecule has 1 aliphatic rings. The third-order valence-corrected chi connectivity index (χ3v) is 6.01. The van der Waals surface area contributed by atoms with Crippen molar-refractivity contribution in [2.24, 2.45) is 0 Å². The zero-order chi connectivity index (χ0) is 23.7. The Morgan fingerprint density at radius 2 is 1.52 bits per heavy atom. The number of hydrogen-bond acceptors (Lipinski definition) is 3. The molecule has 0 unspecified atom stereocenters. The second kappa shape index (κ2) is 9.23. The summed E-state index contributed by atoms with van der Waals surface area (Å²) in [5.74, 6) is -2.75. The fraction of sp³-hybridized carbons (Fsp3) is 0.280. The van der Waals surface area contributed by atoms with Crippen LogP contribution in [-0.2, 0) is 0 Å². The molecule has 1 amide bonds. The Morgan fingerprint density at radius 1 is 0.848 bits per heavy atom. The Labute approximate surface area is 190 Å². The number of piperazine rings is 1. The summed E-state index contributed by atoms with van der Waals surface area (Å²) in [4.78, 5) is 29.1. The van der Waals surface area contributed by atoms with Crippen molar-refractivity contribution in [2.45, 2.75) is 13.8 Å². The van der Waals surface area contributed by atoms with E-state index in [2.05, 4.69) is 0 Å². The fourth-order valence-electron chi connectivity index (χ4n) is 4.24. The highest BCUT2D eigenvalue weighted by atomic mass is 19.2. The lowest BCUT2D eigenvalue weighted by Crippen LogP contribution is -2.50. The van der Waals surface area contributed by atoms with Gasteiger partial charge in [-0.15, -0.1) is 0 Å². The van der Waals surface area contributed by atoms with E-state index in [4.69, 9.17) is 0 Å². The van der Waals surface area contributed by atoms with Crippen LogP contribution in [0.15, 0.2) is 48.5 Å². The molecule has 0 spiro atoms. The maximum atomic E-state index is 13.5. The molecule has 172 valence electrons. The van der Waals surface area contributed by atoms with Crippen molar-refractivity contribution in [2.75, 3.05) is 32.7 Å². The first kappa shape index (κ1) is 22.8. The van der Waals surface area contributed by atoms with Crippen molar-refractivity contribution in [1.29, 1.82) is 0 Å². The van der Waals surface area contributed by atoms with Crippen LogP contribution in [0.3, 0.4) is 0 Å². The van der Waals surface area contributed by atoms with E-state index in [1.807, 2.05) is 29.4 Å². The Kier molecular flexibility index (Phi) is 6.37. The minimum Gasteiger partial charge on any atom is -0.336 e. The molecule has 0 bridgehead atoms. The average Bonchev–Trinajstić information content (AvgIpc) is 3.10. The highest BCUT2D eigenvalue weighted by molar-refractivity contribution is 5.99. The number of carbonyl (C=O) groups excluding carboxylic acids is 2. The van der Waals surface area contributed by atoms with Crippen LogP contribution in [0.4, 0.5) is 13.2 Å². The number of Topliss-reactive ketones (excluding diaryl/α,β-unsaturated/α-hetero) is 1. The van der Waals surface area contributed by atoms with Crippen LogP contribution in [0.1, 0.15) is 32.1 Å². The summed E-state index contributed by atoms with van der Waals surface area (Å²) in [6, 6.07) is 11.1. The van der Waals surface area contributed by atoms with Crippen molar-refractivity contribution in [1.82, 2.24) is 14.4 Å². The molecule has 0 saturated carbocycles. The SMILES string of the molecule is Cc1cc(C(=O)CN2CCN(C(=O)c3ccc(F)c(F)c3)CC2)c(C)n1-c1ccc(F)cc1. The normalized spacial score (nSPS) is 14.5. The van der Waals surface area contributed by atoms with Gasteiger partial charge in [-0.2, -0.15) is 0 Å². The fourth-order valence-corrected chi connectivity index (χ4v) is 4.24. The van der Waals surface area contributed by atoms with Gasteiger partial charge in [0.25, 0.3) is 5.91 Å². The lowest BCUT2D eigenvalue weighted by molar-refractivity contribution is 0.0624. The summed E-state index contributed by atoms with van der Waals surface area (Å²) in [6.07, 6.45) is 0. The lowest BCUT2D eigenvalue weighted by atomic mass is 10.1. The van der Waals surface area contributed by atoms with Crippen LogP contribution in [0.25, 0.3) is 5.69 Å². The largest absolute Gasteiger partial charge is 0.336 e. The topological polar surface area (TPSA) is 45.6 Å². The molecule has 2 heterocycles. The lowest BCUT2D eigenvalue weighted by Gasteiger charge is -2.34. The highest BCUT2D eigenvalue weighted by Gasteiger charge is 2.25. The van der Waals surface area contributed by atoms with Crippen LogP contribution in [0.5, 0.6) is 0 Å². The smallest absolute Gasteiger partial charge is 0.254 e. The summed E-state index contributed by atoms with van der Waals surface area (Å²) >= 11 is 0. The second-order valence-electron chi connectivity index (χ2n) is 8.22. The Hall–Kier alpha value is -3.39.